The predicted molar refractivity (Wildman–Crippen MR) is 87.9 cm³/mol. The van der Waals surface area contributed by atoms with Gasteiger partial charge in [0.25, 0.3) is 0 Å². The molecule has 4 heteroatoms. The molecule has 2 aromatic carbocycles. The molecule has 0 aromatic heterocycles. The number of amides is 1. The third kappa shape index (κ3) is 5.51. The second-order valence-corrected chi connectivity index (χ2v) is 4.92. The van der Waals surface area contributed by atoms with Crippen molar-refractivity contribution in [1.29, 1.82) is 0 Å². The Bertz CT molecular complexity index is 674. The molecular formula is C18H16ClNO2. The average molecular weight is 314 g/mol. The van der Waals surface area contributed by atoms with Crippen LogP contribution in [0.3, 0.4) is 0 Å². The Morgan fingerprint density at radius 2 is 1.77 bits per heavy atom. The maximum absolute atomic E-state index is 11.7. The van der Waals surface area contributed by atoms with Crippen LogP contribution in [-0.4, -0.2) is 19.1 Å². The minimum atomic E-state index is -0.0486. The van der Waals surface area contributed by atoms with E-state index >= 15 is 0 Å². The Morgan fingerprint density at radius 1 is 1.05 bits per heavy atom. The quantitative estimate of drug-likeness (QED) is 0.862. The van der Waals surface area contributed by atoms with Gasteiger partial charge in [-0.3, -0.25) is 4.79 Å². The molecule has 0 aliphatic carbocycles. The van der Waals surface area contributed by atoms with Gasteiger partial charge in [0.2, 0.25) is 5.91 Å². The van der Waals surface area contributed by atoms with E-state index in [9.17, 15) is 4.79 Å². The number of nitrogens with one attached hydrogen (secondary N) is 1. The topological polar surface area (TPSA) is 38.3 Å². The number of ether oxygens (including phenoxy) is 1. The van der Waals surface area contributed by atoms with E-state index in [1.807, 2.05) is 42.5 Å². The number of halogens is 1. The largest absolute Gasteiger partial charge is 0.479 e. The first-order valence-corrected chi connectivity index (χ1v) is 7.27. The van der Waals surface area contributed by atoms with Gasteiger partial charge < -0.3 is 10.1 Å². The molecule has 0 atom stereocenters. The highest BCUT2D eigenvalue weighted by atomic mass is 35.5. The lowest BCUT2D eigenvalue weighted by molar-refractivity contribution is -0.120. The van der Waals surface area contributed by atoms with Crippen LogP contribution in [0.25, 0.3) is 0 Å². The van der Waals surface area contributed by atoms with Crippen LogP contribution in [0.5, 0.6) is 5.75 Å². The van der Waals surface area contributed by atoms with Crippen LogP contribution < -0.4 is 10.1 Å². The Labute approximate surface area is 135 Å². The van der Waals surface area contributed by atoms with Gasteiger partial charge in [-0.2, -0.15) is 0 Å². The van der Waals surface area contributed by atoms with Crippen molar-refractivity contribution < 1.29 is 9.53 Å². The maximum Gasteiger partial charge on any atom is 0.225 e. The number of carbonyl (C=O) groups is 1. The van der Waals surface area contributed by atoms with E-state index in [0.717, 1.165) is 5.56 Å². The summed E-state index contributed by atoms with van der Waals surface area (Å²) in [6, 6.07) is 16.8. The van der Waals surface area contributed by atoms with E-state index in [1.165, 1.54) is 0 Å². The molecule has 0 radical (unpaired) electrons. The van der Waals surface area contributed by atoms with Crippen molar-refractivity contribution in [3.63, 3.8) is 0 Å². The summed E-state index contributed by atoms with van der Waals surface area (Å²) in [7, 11) is 0. The highest BCUT2D eigenvalue weighted by molar-refractivity contribution is 6.32. The van der Waals surface area contributed by atoms with Crippen LogP contribution in [0, 0.1) is 11.8 Å². The fraction of sp³-hybridized carbons (Fsp3) is 0.167. The van der Waals surface area contributed by atoms with Gasteiger partial charge in [0.15, 0.2) is 0 Å². The summed E-state index contributed by atoms with van der Waals surface area (Å²) in [6.45, 7) is 0.538. The SMILES string of the molecule is O=C(Cc1ccccc1)NCC#CCOc1ccccc1Cl. The van der Waals surface area contributed by atoms with Crippen LogP contribution >= 0.6 is 11.6 Å². The molecule has 3 nitrogen and oxygen atoms in total. The van der Waals surface area contributed by atoms with E-state index in [1.54, 1.807) is 12.1 Å². The zero-order valence-corrected chi connectivity index (χ0v) is 12.8. The molecule has 0 saturated heterocycles. The van der Waals surface area contributed by atoms with Crippen molar-refractivity contribution in [1.82, 2.24) is 5.32 Å². The standard InChI is InChI=1S/C18H16ClNO2/c19-16-10-4-5-11-17(16)22-13-7-6-12-20-18(21)14-15-8-2-1-3-9-15/h1-5,8-11H,12-14H2,(H,20,21). The van der Waals surface area contributed by atoms with Gasteiger partial charge in [-0.15, -0.1) is 0 Å². The predicted octanol–water partition coefficient (Wildman–Crippen LogP) is 3.08. The second kappa shape index (κ2) is 8.76. The summed E-state index contributed by atoms with van der Waals surface area (Å²) >= 11 is 5.95. The second-order valence-electron chi connectivity index (χ2n) is 4.51. The number of para-hydroxylation sites is 1. The Morgan fingerprint density at radius 3 is 2.55 bits per heavy atom. The molecule has 2 rings (SSSR count). The summed E-state index contributed by atoms with van der Waals surface area (Å²) in [4.78, 5) is 11.7. The van der Waals surface area contributed by atoms with Crippen LogP contribution in [0.2, 0.25) is 5.02 Å². The zero-order valence-electron chi connectivity index (χ0n) is 12.0. The lowest BCUT2D eigenvalue weighted by atomic mass is 10.1. The molecule has 1 amide bonds. The summed E-state index contributed by atoms with van der Waals surface area (Å²) in [5.74, 6) is 6.23. The van der Waals surface area contributed by atoms with Crippen molar-refractivity contribution in [2.24, 2.45) is 0 Å². The molecule has 0 fully saturated rings. The maximum atomic E-state index is 11.7. The van der Waals surface area contributed by atoms with E-state index < -0.39 is 0 Å². The molecule has 22 heavy (non-hydrogen) atoms. The Kier molecular flexibility index (Phi) is 6.35. The smallest absolute Gasteiger partial charge is 0.225 e. The molecule has 0 aliphatic rings. The van der Waals surface area contributed by atoms with E-state index in [4.69, 9.17) is 16.3 Å². The van der Waals surface area contributed by atoms with Crippen molar-refractivity contribution in [3.05, 3.63) is 65.2 Å². The summed E-state index contributed by atoms with van der Waals surface area (Å²) < 4.78 is 5.42. The van der Waals surface area contributed by atoms with Crippen LogP contribution in [-0.2, 0) is 11.2 Å². The van der Waals surface area contributed by atoms with Gasteiger partial charge in [0, 0.05) is 0 Å². The molecule has 0 bridgehead atoms. The van der Waals surface area contributed by atoms with Crippen LogP contribution in [0.1, 0.15) is 5.56 Å². The van der Waals surface area contributed by atoms with Crippen molar-refractivity contribution in [2.45, 2.75) is 6.42 Å². The summed E-state index contributed by atoms with van der Waals surface area (Å²) in [5, 5.41) is 3.30. The summed E-state index contributed by atoms with van der Waals surface area (Å²) in [6.07, 6.45) is 0.360. The number of carbonyl (C=O) groups excluding carboxylic acids is 1. The van der Waals surface area contributed by atoms with E-state index in [-0.39, 0.29) is 12.5 Å². The fourth-order valence-electron chi connectivity index (χ4n) is 1.78. The van der Waals surface area contributed by atoms with Crippen molar-refractivity contribution >= 4 is 17.5 Å². The third-order valence-corrected chi connectivity index (χ3v) is 3.16. The van der Waals surface area contributed by atoms with Gasteiger partial charge >= 0.3 is 0 Å². The van der Waals surface area contributed by atoms with Gasteiger partial charge in [0.05, 0.1) is 18.0 Å². The highest BCUT2D eigenvalue weighted by Gasteiger charge is 2.00. The fourth-order valence-corrected chi connectivity index (χ4v) is 1.97. The molecule has 0 unspecified atom stereocenters. The van der Waals surface area contributed by atoms with E-state index in [0.29, 0.717) is 23.7 Å². The molecule has 2 aromatic rings. The Hall–Kier alpha value is -2.44. The van der Waals surface area contributed by atoms with Crippen molar-refractivity contribution in [2.75, 3.05) is 13.2 Å². The third-order valence-electron chi connectivity index (χ3n) is 2.84. The van der Waals surface area contributed by atoms with Gasteiger partial charge in [-0.1, -0.05) is 65.9 Å². The zero-order chi connectivity index (χ0) is 15.6. The van der Waals surface area contributed by atoms with Crippen LogP contribution in [0.4, 0.5) is 0 Å². The molecule has 0 heterocycles. The first-order valence-electron chi connectivity index (χ1n) is 6.89. The number of benzene rings is 2. The molecule has 1 N–H and O–H groups in total. The molecule has 112 valence electrons. The van der Waals surface area contributed by atoms with Gasteiger partial charge in [-0.25, -0.2) is 0 Å². The van der Waals surface area contributed by atoms with Gasteiger partial charge in [0.1, 0.15) is 12.4 Å². The highest BCUT2D eigenvalue weighted by Crippen LogP contribution is 2.22. The monoisotopic (exact) mass is 313 g/mol. The minimum absolute atomic E-state index is 0.0486. The molecule has 0 aliphatic heterocycles. The number of hydrogen-bond donors (Lipinski definition) is 1. The lowest BCUT2D eigenvalue weighted by Gasteiger charge is -2.03. The first-order chi connectivity index (χ1) is 10.8. The van der Waals surface area contributed by atoms with Gasteiger partial charge in [-0.05, 0) is 17.7 Å². The first kappa shape index (κ1) is 15.9. The average Bonchev–Trinajstić information content (AvgIpc) is 2.53. The normalized spacial score (nSPS) is 9.50. The van der Waals surface area contributed by atoms with E-state index in [2.05, 4.69) is 17.2 Å². The lowest BCUT2D eigenvalue weighted by Crippen LogP contribution is -2.25. The van der Waals surface area contributed by atoms with Crippen LogP contribution in [0.15, 0.2) is 54.6 Å². The molecule has 0 spiro atoms. The number of rotatable bonds is 5. The Balaban J connectivity index is 1.67. The molecular weight excluding hydrogens is 298 g/mol. The minimum Gasteiger partial charge on any atom is -0.479 e. The summed E-state index contributed by atoms with van der Waals surface area (Å²) in [5.41, 5.74) is 0.981. The number of hydrogen-bond acceptors (Lipinski definition) is 2. The van der Waals surface area contributed by atoms with Crippen molar-refractivity contribution in [3.8, 4) is 17.6 Å². The molecule has 0 saturated carbocycles.